The molecule has 2 aromatic rings. The number of carbonyl (C=O) groups excluding carboxylic acids is 1. The van der Waals surface area contributed by atoms with E-state index < -0.39 is 16.3 Å². The highest BCUT2D eigenvalue weighted by Gasteiger charge is 2.35. The Bertz CT molecular complexity index is 1100. The van der Waals surface area contributed by atoms with Crippen LogP contribution >= 0.6 is 11.3 Å². The van der Waals surface area contributed by atoms with Crippen molar-refractivity contribution in [3.05, 3.63) is 58.5 Å². The number of benzene rings is 1. The molecular weight excluding hydrogens is 480 g/mol. The number of nitrogens with zero attached hydrogens (tertiary/aromatic N) is 2. The Morgan fingerprint density at radius 1 is 1.24 bits per heavy atom. The number of amides is 1. The van der Waals surface area contributed by atoms with Gasteiger partial charge in [0, 0.05) is 43.4 Å². The third-order valence-electron chi connectivity index (χ3n) is 5.60. The number of aliphatic hydroxyl groups excluding tert-OH is 1. The van der Waals surface area contributed by atoms with Gasteiger partial charge in [-0.15, -0.1) is 11.3 Å². The second-order valence-electron chi connectivity index (χ2n) is 7.90. The van der Waals surface area contributed by atoms with E-state index >= 15 is 0 Å². The van der Waals surface area contributed by atoms with Crippen LogP contribution in [-0.2, 0) is 24.3 Å². The van der Waals surface area contributed by atoms with Crippen LogP contribution in [0.3, 0.4) is 0 Å². The topological polar surface area (TPSA) is 105 Å². The van der Waals surface area contributed by atoms with Gasteiger partial charge in [-0.2, -0.15) is 4.31 Å². The molecule has 1 aromatic carbocycles. The van der Waals surface area contributed by atoms with Gasteiger partial charge in [0.2, 0.25) is 16.3 Å². The van der Waals surface area contributed by atoms with Gasteiger partial charge in [0.25, 0.3) is 5.91 Å². The predicted molar refractivity (Wildman–Crippen MR) is 126 cm³/mol. The molecule has 1 amide bonds. The normalized spacial score (nSPS) is 20.1. The zero-order valence-corrected chi connectivity index (χ0v) is 20.5. The molecule has 0 bridgehead atoms. The molecule has 9 nitrogen and oxygen atoms in total. The summed E-state index contributed by atoms with van der Waals surface area (Å²) < 4.78 is 44.1. The quantitative estimate of drug-likeness (QED) is 0.463. The van der Waals surface area contributed by atoms with E-state index in [9.17, 15) is 18.3 Å². The largest absolute Gasteiger partial charge is 0.497 e. The minimum Gasteiger partial charge on any atom is -0.497 e. The molecule has 1 aromatic heterocycles. The minimum absolute atomic E-state index is 0.0192. The molecule has 3 heterocycles. The number of aliphatic hydroxyl groups is 1. The fourth-order valence-corrected chi connectivity index (χ4v) is 5.89. The minimum atomic E-state index is -3.84. The summed E-state index contributed by atoms with van der Waals surface area (Å²) in [5.74, 6) is 0.643. The van der Waals surface area contributed by atoms with Crippen LogP contribution in [0.15, 0.2) is 58.5 Å². The first-order valence-corrected chi connectivity index (χ1v) is 13.3. The summed E-state index contributed by atoms with van der Waals surface area (Å²) in [6.45, 7) is 1.11. The lowest BCUT2D eigenvalue weighted by atomic mass is 9.99. The lowest BCUT2D eigenvalue weighted by Gasteiger charge is -2.29. The fraction of sp³-hybridized carbons (Fsp3) is 0.435. The Hall–Kier alpha value is -2.44. The van der Waals surface area contributed by atoms with Crippen molar-refractivity contribution in [3.8, 4) is 5.75 Å². The van der Waals surface area contributed by atoms with Crippen LogP contribution < -0.4 is 4.74 Å². The number of hydrogen-bond acceptors (Lipinski definition) is 8. The highest BCUT2D eigenvalue weighted by Crippen LogP contribution is 2.34. The Labute approximate surface area is 203 Å². The lowest BCUT2D eigenvalue weighted by Crippen LogP contribution is -2.37. The highest BCUT2D eigenvalue weighted by atomic mass is 32.2. The third kappa shape index (κ3) is 5.78. The molecule has 34 heavy (non-hydrogen) atoms. The molecule has 2 atom stereocenters. The van der Waals surface area contributed by atoms with Crippen LogP contribution in [0, 0.1) is 0 Å². The summed E-state index contributed by atoms with van der Waals surface area (Å²) in [7, 11) is -2.33. The van der Waals surface area contributed by atoms with Gasteiger partial charge >= 0.3 is 0 Å². The summed E-state index contributed by atoms with van der Waals surface area (Å²) in [6, 6.07) is 10.0. The Balaban J connectivity index is 1.41. The fourth-order valence-electron chi connectivity index (χ4n) is 3.67. The zero-order valence-electron chi connectivity index (χ0n) is 18.8. The molecule has 0 unspecified atom stereocenters. The average molecular weight is 509 g/mol. The first kappa shape index (κ1) is 24.7. The maximum Gasteiger partial charge on any atom is 0.288 e. The summed E-state index contributed by atoms with van der Waals surface area (Å²) in [5, 5.41) is 11.4. The summed E-state index contributed by atoms with van der Waals surface area (Å²) in [6.07, 6.45) is 1.68. The molecular formula is C23H28N2O7S2. The van der Waals surface area contributed by atoms with Gasteiger partial charge in [-0.1, -0.05) is 6.07 Å². The van der Waals surface area contributed by atoms with Crippen molar-refractivity contribution in [2.75, 3.05) is 46.5 Å². The molecule has 0 saturated carbocycles. The van der Waals surface area contributed by atoms with Crippen molar-refractivity contribution >= 4 is 27.3 Å². The van der Waals surface area contributed by atoms with Gasteiger partial charge in [-0.25, -0.2) is 8.42 Å². The van der Waals surface area contributed by atoms with Crippen molar-refractivity contribution in [1.82, 2.24) is 9.21 Å². The standard InChI is InChI=1S/C23H28N2O7S2/c1-30-18-4-6-19(7-5-18)34(28,29)25(10-12-26)11-13-31-22-16-17(21-3-2-14-33-21)15-20(32-22)23(27)24-8-9-24/h2-7,14-15,17,22,26H,8-13,16H2,1H3/t17-,22+/m0/s1. The molecule has 11 heteroatoms. The highest BCUT2D eigenvalue weighted by molar-refractivity contribution is 7.89. The van der Waals surface area contributed by atoms with Gasteiger partial charge < -0.3 is 24.2 Å². The summed E-state index contributed by atoms with van der Waals surface area (Å²) in [5.41, 5.74) is 0. The zero-order chi connectivity index (χ0) is 24.1. The molecule has 4 rings (SSSR count). The molecule has 0 aliphatic carbocycles. The Morgan fingerprint density at radius 3 is 2.62 bits per heavy atom. The predicted octanol–water partition coefficient (Wildman–Crippen LogP) is 2.01. The lowest BCUT2D eigenvalue weighted by molar-refractivity contribution is -0.149. The number of rotatable bonds is 11. The van der Waals surface area contributed by atoms with E-state index in [0.29, 0.717) is 25.3 Å². The van der Waals surface area contributed by atoms with Crippen molar-refractivity contribution in [2.24, 2.45) is 0 Å². The molecule has 2 aliphatic rings. The molecule has 2 aliphatic heterocycles. The van der Waals surface area contributed by atoms with Crippen LogP contribution in [0.1, 0.15) is 17.2 Å². The van der Waals surface area contributed by atoms with Gasteiger partial charge in [0.05, 0.1) is 25.2 Å². The smallest absolute Gasteiger partial charge is 0.288 e. The van der Waals surface area contributed by atoms with Gasteiger partial charge in [0.1, 0.15) is 5.75 Å². The van der Waals surface area contributed by atoms with Crippen molar-refractivity contribution < 1.29 is 32.5 Å². The molecule has 184 valence electrons. The van der Waals surface area contributed by atoms with E-state index in [2.05, 4.69) is 0 Å². The van der Waals surface area contributed by atoms with E-state index in [-0.39, 0.29) is 48.8 Å². The maximum absolute atomic E-state index is 13.1. The number of thiophene rings is 1. The second-order valence-corrected chi connectivity index (χ2v) is 10.8. The van der Waals surface area contributed by atoms with Crippen LogP contribution in [0.5, 0.6) is 5.75 Å². The first-order chi connectivity index (χ1) is 16.4. The summed E-state index contributed by atoms with van der Waals surface area (Å²) >= 11 is 1.60. The SMILES string of the molecule is COc1ccc(S(=O)(=O)N(CCO)CCO[C@H]2C[C@@H](c3cccs3)C=C(C(=O)N3CC3)O2)cc1. The van der Waals surface area contributed by atoms with Crippen molar-refractivity contribution in [1.29, 1.82) is 0 Å². The molecule has 0 radical (unpaired) electrons. The molecule has 0 spiro atoms. The van der Waals surface area contributed by atoms with E-state index in [1.54, 1.807) is 28.4 Å². The van der Waals surface area contributed by atoms with Gasteiger partial charge in [-0.05, 0) is 41.8 Å². The van der Waals surface area contributed by atoms with Gasteiger partial charge in [0.15, 0.2) is 5.76 Å². The van der Waals surface area contributed by atoms with E-state index in [4.69, 9.17) is 14.2 Å². The molecule has 1 saturated heterocycles. The monoisotopic (exact) mass is 508 g/mol. The van der Waals surface area contributed by atoms with Crippen LogP contribution in [0.4, 0.5) is 0 Å². The van der Waals surface area contributed by atoms with Crippen LogP contribution in [-0.4, -0.2) is 81.4 Å². The van der Waals surface area contributed by atoms with E-state index in [0.717, 1.165) is 4.88 Å². The summed E-state index contributed by atoms with van der Waals surface area (Å²) in [4.78, 5) is 15.5. The number of ether oxygens (including phenoxy) is 3. The van der Waals surface area contributed by atoms with Crippen molar-refractivity contribution in [2.45, 2.75) is 23.5 Å². The van der Waals surface area contributed by atoms with Gasteiger partial charge in [-0.3, -0.25) is 4.79 Å². The molecule has 1 fully saturated rings. The van der Waals surface area contributed by atoms with Crippen molar-refractivity contribution in [3.63, 3.8) is 0 Å². The van der Waals surface area contributed by atoms with E-state index in [1.807, 2.05) is 23.6 Å². The Morgan fingerprint density at radius 2 is 2.00 bits per heavy atom. The number of hydrogen-bond donors (Lipinski definition) is 1. The molecule has 1 N–H and O–H groups in total. The Kier molecular flexibility index (Phi) is 7.89. The van der Waals surface area contributed by atoms with E-state index in [1.165, 1.54) is 23.5 Å². The van der Waals surface area contributed by atoms with Crippen LogP contribution in [0.25, 0.3) is 0 Å². The number of allylic oxidation sites excluding steroid dienone is 1. The third-order valence-corrected chi connectivity index (χ3v) is 8.52. The number of methoxy groups -OCH3 is 1. The maximum atomic E-state index is 13.1. The number of sulfonamides is 1. The average Bonchev–Trinajstić information content (AvgIpc) is 3.56. The number of carbonyl (C=O) groups is 1. The van der Waals surface area contributed by atoms with Crippen LogP contribution in [0.2, 0.25) is 0 Å². The second kappa shape index (κ2) is 10.9. The first-order valence-electron chi connectivity index (χ1n) is 11.0.